The lowest BCUT2D eigenvalue weighted by Crippen LogP contribution is -2.28. The Labute approximate surface area is 203 Å². The minimum atomic E-state index is -3.64. The van der Waals surface area contributed by atoms with Gasteiger partial charge in [0.15, 0.2) is 0 Å². The Morgan fingerprint density at radius 2 is 1.71 bits per heavy atom. The summed E-state index contributed by atoms with van der Waals surface area (Å²) in [6, 6.07) is 17.0. The molecule has 0 aliphatic carbocycles. The van der Waals surface area contributed by atoms with Crippen molar-refractivity contribution in [2.24, 2.45) is 0 Å². The highest BCUT2D eigenvalue weighted by Gasteiger charge is 2.19. The number of nitrogens with one attached hydrogen (secondary N) is 2. The molecule has 0 saturated carbocycles. The van der Waals surface area contributed by atoms with E-state index in [0.29, 0.717) is 24.1 Å². The average molecular weight is 498 g/mol. The molecule has 0 atom stereocenters. The molecule has 4 rings (SSSR count). The van der Waals surface area contributed by atoms with Gasteiger partial charge in [0.05, 0.1) is 4.90 Å². The van der Waals surface area contributed by atoms with Gasteiger partial charge in [-0.25, -0.2) is 13.1 Å². The van der Waals surface area contributed by atoms with Gasteiger partial charge in [-0.05, 0) is 72.7 Å². The van der Waals surface area contributed by atoms with Crippen LogP contribution in [0.4, 0.5) is 0 Å². The predicted molar refractivity (Wildman–Crippen MR) is 132 cm³/mol. The van der Waals surface area contributed by atoms with Crippen LogP contribution in [0.15, 0.2) is 70.9 Å². The van der Waals surface area contributed by atoms with E-state index in [0.717, 1.165) is 36.4 Å². The maximum atomic E-state index is 12.6. The summed E-state index contributed by atoms with van der Waals surface area (Å²) >= 11 is 1.59. The molecule has 1 aliphatic rings. The minimum absolute atomic E-state index is 0.0199. The summed E-state index contributed by atoms with van der Waals surface area (Å²) in [5.41, 5.74) is 1.81. The molecule has 2 N–H and O–H groups in total. The first-order valence-corrected chi connectivity index (χ1v) is 13.6. The largest absolute Gasteiger partial charge is 0.348 e. The number of amides is 2. The Morgan fingerprint density at radius 3 is 2.41 bits per heavy atom. The molecule has 3 aromatic rings. The zero-order valence-corrected chi connectivity index (χ0v) is 20.3. The highest BCUT2D eigenvalue weighted by molar-refractivity contribution is 7.89. The van der Waals surface area contributed by atoms with Crippen molar-refractivity contribution in [3.8, 4) is 0 Å². The van der Waals surface area contributed by atoms with E-state index < -0.39 is 10.0 Å². The van der Waals surface area contributed by atoms with Crippen LogP contribution >= 0.6 is 11.3 Å². The summed E-state index contributed by atoms with van der Waals surface area (Å²) in [6.45, 7) is 2.15. The fourth-order valence-electron chi connectivity index (χ4n) is 3.83. The molecule has 2 aromatic carbocycles. The fraction of sp³-hybridized carbons (Fsp3) is 0.280. The average Bonchev–Trinajstić information content (AvgIpc) is 3.57. The number of rotatable bonds is 9. The van der Waals surface area contributed by atoms with Crippen LogP contribution in [-0.4, -0.2) is 44.8 Å². The molecule has 0 bridgehead atoms. The topological polar surface area (TPSA) is 95.6 Å². The van der Waals surface area contributed by atoms with Gasteiger partial charge in [0.2, 0.25) is 10.0 Å². The molecule has 1 fully saturated rings. The molecule has 2 amide bonds. The van der Waals surface area contributed by atoms with Gasteiger partial charge in [-0.3, -0.25) is 9.59 Å². The smallest absolute Gasteiger partial charge is 0.253 e. The highest BCUT2D eigenvalue weighted by Crippen LogP contribution is 2.15. The number of hydrogen-bond donors (Lipinski definition) is 2. The third-order valence-corrected chi connectivity index (χ3v) is 8.10. The Morgan fingerprint density at radius 1 is 0.941 bits per heavy atom. The summed E-state index contributed by atoms with van der Waals surface area (Å²) in [5, 5.41) is 4.79. The van der Waals surface area contributed by atoms with E-state index >= 15 is 0 Å². The van der Waals surface area contributed by atoms with Crippen LogP contribution in [0.2, 0.25) is 0 Å². The minimum Gasteiger partial charge on any atom is -0.348 e. The van der Waals surface area contributed by atoms with Gasteiger partial charge in [0.1, 0.15) is 0 Å². The standard InChI is InChI=1S/C25H27N3O4S2/c29-24(26-18-19-5-3-6-21(17-19)25(30)28-14-1-2-15-28)20-8-10-23(11-9-20)34(31,32)27-13-12-22-7-4-16-33-22/h3-11,16-17,27H,1-2,12-15,18H2,(H,26,29). The zero-order chi connectivity index (χ0) is 24.0. The third-order valence-electron chi connectivity index (χ3n) is 5.69. The first-order valence-electron chi connectivity index (χ1n) is 11.2. The molecule has 178 valence electrons. The van der Waals surface area contributed by atoms with Crippen LogP contribution in [0.3, 0.4) is 0 Å². The van der Waals surface area contributed by atoms with E-state index in [9.17, 15) is 18.0 Å². The van der Waals surface area contributed by atoms with Crippen LogP contribution in [0.5, 0.6) is 0 Å². The van der Waals surface area contributed by atoms with Gasteiger partial charge in [0, 0.05) is 42.2 Å². The molecule has 0 unspecified atom stereocenters. The molecule has 34 heavy (non-hydrogen) atoms. The maximum Gasteiger partial charge on any atom is 0.253 e. The zero-order valence-electron chi connectivity index (χ0n) is 18.7. The lowest BCUT2D eigenvalue weighted by Gasteiger charge is -2.15. The lowest BCUT2D eigenvalue weighted by atomic mass is 10.1. The molecule has 9 heteroatoms. The number of hydrogen-bond acceptors (Lipinski definition) is 5. The first-order chi connectivity index (χ1) is 16.4. The van der Waals surface area contributed by atoms with E-state index in [1.54, 1.807) is 23.5 Å². The van der Waals surface area contributed by atoms with E-state index in [1.807, 2.05) is 34.5 Å². The van der Waals surface area contributed by atoms with Gasteiger partial charge in [-0.15, -0.1) is 11.3 Å². The van der Waals surface area contributed by atoms with Crippen molar-refractivity contribution in [1.29, 1.82) is 0 Å². The van der Waals surface area contributed by atoms with Crippen LogP contribution < -0.4 is 10.0 Å². The number of thiophene rings is 1. The van der Waals surface area contributed by atoms with Crippen LogP contribution in [0, 0.1) is 0 Å². The molecule has 7 nitrogen and oxygen atoms in total. The molecule has 1 aliphatic heterocycles. The van der Waals surface area contributed by atoms with Crippen molar-refractivity contribution in [3.05, 3.63) is 87.6 Å². The van der Waals surface area contributed by atoms with E-state index in [4.69, 9.17) is 0 Å². The Bertz CT molecular complexity index is 1230. The summed E-state index contributed by atoms with van der Waals surface area (Å²) in [4.78, 5) is 28.2. The Balaban J connectivity index is 1.31. The highest BCUT2D eigenvalue weighted by atomic mass is 32.2. The van der Waals surface area contributed by atoms with Crippen molar-refractivity contribution < 1.29 is 18.0 Å². The summed E-state index contributed by atoms with van der Waals surface area (Å²) < 4.78 is 27.6. The van der Waals surface area contributed by atoms with Crippen LogP contribution in [0.25, 0.3) is 0 Å². The predicted octanol–water partition coefficient (Wildman–Crippen LogP) is 3.44. The number of sulfonamides is 1. The van der Waals surface area contributed by atoms with Crippen molar-refractivity contribution in [2.75, 3.05) is 19.6 Å². The normalized spacial score (nSPS) is 13.7. The van der Waals surface area contributed by atoms with E-state index in [2.05, 4.69) is 10.0 Å². The van der Waals surface area contributed by atoms with Crippen LogP contribution in [0.1, 0.15) is 44.0 Å². The number of benzene rings is 2. The van der Waals surface area contributed by atoms with Gasteiger partial charge in [0.25, 0.3) is 11.8 Å². The van der Waals surface area contributed by atoms with Crippen molar-refractivity contribution in [3.63, 3.8) is 0 Å². The van der Waals surface area contributed by atoms with Crippen molar-refractivity contribution in [2.45, 2.75) is 30.7 Å². The number of carbonyl (C=O) groups is 2. The van der Waals surface area contributed by atoms with Crippen molar-refractivity contribution >= 4 is 33.2 Å². The fourth-order valence-corrected chi connectivity index (χ4v) is 5.57. The monoisotopic (exact) mass is 497 g/mol. The molecule has 1 aromatic heterocycles. The molecular formula is C25H27N3O4S2. The summed E-state index contributed by atoms with van der Waals surface area (Å²) in [6.07, 6.45) is 2.70. The molecule has 0 spiro atoms. The molecule has 1 saturated heterocycles. The molecule has 0 radical (unpaired) electrons. The maximum absolute atomic E-state index is 12.6. The van der Waals surface area contributed by atoms with Gasteiger partial charge >= 0.3 is 0 Å². The van der Waals surface area contributed by atoms with Crippen LogP contribution in [-0.2, 0) is 23.0 Å². The van der Waals surface area contributed by atoms with E-state index in [1.165, 1.54) is 24.3 Å². The Kier molecular flexibility index (Phi) is 7.77. The second-order valence-electron chi connectivity index (χ2n) is 8.13. The number of carbonyl (C=O) groups excluding carboxylic acids is 2. The van der Waals surface area contributed by atoms with Crippen molar-refractivity contribution in [1.82, 2.24) is 14.9 Å². The van der Waals surface area contributed by atoms with E-state index in [-0.39, 0.29) is 23.3 Å². The van der Waals surface area contributed by atoms with Gasteiger partial charge in [-0.1, -0.05) is 18.2 Å². The molecule has 2 heterocycles. The van der Waals surface area contributed by atoms with Gasteiger partial charge in [-0.2, -0.15) is 0 Å². The summed E-state index contributed by atoms with van der Waals surface area (Å²) in [5.74, 6) is -0.294. The lowest BCUT2D eigenvalue weighted by molar-refractivity contribution is 0.0792. The van der Waals surface area contributed by atoms with Gasteiger partial charge < -0.3 is 10.2 Å². The quantitative estimate of drug-likeness (QED) is 0.473. The third kappa shape index (κ3) is 6.11. The SMILES string of the molecule is O=C(NCc1cccc(C(=O)N2CCCC2)c1)c1ccc(S(=O)(=O)NCCc2cccs2)cc1. The number of likely N-dealkylation sites (tertiary alicyclic amines) is 1. The summed E-state index contributed by atoms with van der Waals surface area (Å²) in [7, 11) is -3.64. The Hall–Kier alpha value is -3.01. The second-order valence-corrected chi connectivity index (χ2v) is 10.9. The number of nitrogens with zero attached hydrogens (tertiary/aromatic N) is 1. The second kappa shape index (κ2) is 10.9. The first kappa shape index (κ1) is 24.1. The molecular weight excluding hydrogens is 470 g/mol.